The van der Waals surface area contributed by atoms with Crippen molar-refractivity contribution in [3.05, 3.63) is 106 Å². The number of rotatable bonds is 35. The first-order valence-electron chi connectivity index (χ1n) is 31.7. The second-order valence-electron chi connectivity index (χ2n) is 23.8. The van der Waals surface area contributed by atoms with Crippen LogP contribution in [0.1, 0.15) is 98.1 Å². The van der Waals surface area contributed by atoms with Gasteiger partial charge in [0.25, 0.3) is 0 Å². The summed E-state index contributed by atoms with van der Waals surface area (Å²) in [5.74, 6) is 0.308. The van der Waals surface area contributed by atoms with Crippen LogP contribution in [0.2, 0.25) is 18.1 Å². The highest BCUT2D eigenvalue weighted by Gasteiger charge is 2.42. The molecule has 0 spiro atoms. The number of hydrogen-bond acceptors (Lipinski definition) is 10. The molecule has 112 heavy (non-hydrogen) atoms. The van der Waals surface area contributed by atoms with E-state index in [1.807, 2.05) is 55.6 Å². The van der Waals surface area contributed by atoms with Crippen LogP contribution in [0, 0.1) is 0 Å². The van der Waals surface area contributed by atoms with Crippen molar-refractivity contribution in [1.82, 2.24) is 19.6 Å². The lowest BCUT2D eigenvalue weighted by Crippen LogP contribution is -2.40. The smallest absolute Gasteiger partial charge is 0.313 e. The van der Waals surface area contributed by atoms with E-state index in [9.17, 15) is 19.2 Å². The molecule has 33 atom stereocenters. The summed E-state index contributed by atoms with van der Waals surface area (Å²) in [6.07, 6.45) is 2.07. The van der Waals surface area contributed by atoms with Crippen molar-refractivity contribution in [3.8, 4) is 34.0 Å². The van der Waals surface area contributed by atoms with Gasteiger partial charge in [0.05, 0.1) is 27.9 Å². The molecule has 33 unspecified atom stereocenters. The molecule has 0 fully saturated rings. The molecule has 0 bridgehead atoms. The standard InChI is InChI=1S/C18H28O4Si.2C15H18N2O2.H20P18.H19P17.H18P16/c1-18(2,3)23(5,6)22-13-15-9-7-14(8-10-15)11-16(19)12-17(20)21-4;1-5-11-6-8-12(9-7-11)13-15(19-4)14(10(2)18)17(3)16-13;1-5-11-6-8-12(9-7-11)14-15(19-4)13(10(2)18)16-17(14)3;1-11(2)16(12(3)4)18(15(9)10)17(13(5)6)14(7)8;1-10-15(11(2)3)17(14(8)9)16(12(4)5)13(6)7;1-10(2)14(9)16(13(7)8)15(11(3)4)12(5)6/h7-10H,11-13H2,1-6H3;2*6-9H,5H2,1-4H3;1-10H2;10H,1-9H2;1-9H2. The molecule has 0 radical (unpaired) electrons. The van der Waals surface area contributed by atoms with E-state index in [4.69, 9.17) is 13.9 Å². The SMILES string of the molecule is CCc1ccc(-c2c(OC)c(C(C)=O)nn2C)cc1.CCc1ccc(-c2nn(C)c(C(C)=O)c2OC)cc1.COC(=O)CC(=O)Cc1ccc(CO[Si](C)(C)C(C)(C)C)cc1.PP(P)P(P(P)P)P(P(P)P)P(P(P)P)P(P)P.PP(P)P(P)P(P(P)P)P(P(P)P)P(P)P.PPP(P(P)P)P(P(P)P)P(P(P)P)P(P)P. The highest BCUT2D eigenvalue weighted by atomic mass is 33.4. The minimum Gasteiger partial charge on any atom is -0.492 e. The van der Waals surface area contributed by atoms with Crippen molar-refractivity contribution in [3.63, 3.8) is 0 Å². The zero-order valence-electron chi connectivity index (χ0n) is 65.0. The molecule has 0 saturated heterocycles. The Morgan fingerprint density at radius 3 is 1.12 bits per heavy atom. The van der Waals surface area contributed by atoms with E-state index in [0.29, 0.717) is 35.2 Å². The third kappa shape index (κ3) is 47.0. The summed E-state index contributed by atoms with van der Waals surface area (Å²) in [6.45, 7) is 21.3. The van der Waals surface area contributed by atoms with Crippen LogP contribution in [0.3, 0.4) is 0 Å². The predicted molar refractivity (Wildman–Crippen MR) is 675 cm³/mol. The van der Waals surface area contributed by atoms with E-state index in [2.05, 4.69) is 337 Å². The largest absolute Gasteiger partial charge is 0.492 e. The van der Waals surface area contributed by atoms with Gasteiger partial charge in [0.15, 0.2) is 37.1 Å². The van der Waals surface area contributed by atoms with Crippen LogP contribution in [0.15, 0.2) is 72.8 Å². The molecule has 0 saturated carbocycles. The molecule has 0 N–H and O–H groups in total. The van der Waals surface area contributed by atoms with Gasteiger partial charge in [0.2, 0.25) is 0 Å². The monoisotopic (exact) mass is 2490 g/mol. The highest BCUT2D eigenvalue weighted by molar-refractivity contribution is 9.35. The maximum atomic E-state index is 11.7. The molecule has 12 nitrogen and oxygen atoms in total. The van der Waals surface area contributed by atoms with Gasteiger partial charge in [-0.05, 0) is 207 Å². The molecule has 2 aromatic heterocycles. The number of hydrogen-bond donors (Lipinski definition) is 0. The fourth-order valence-corrected chi connectivity index (χ4v) is 571. The average Bonchev–Trinajstić information content (AvgIpc) is 1.65. The average molecular weight is 2490 g/mol. The maximum absolute atomic E-state index is 11.7. The quantitative estimate of drug-likeness (QED) is 0.0127. The van der Waals surface area contributed by atoms with Gasteiger partial charge < -0.3 is 18.6 Å². The normalized spacial score (nSPS) is 13.3. The van der Waals surface area contributed by atoms with Crippen molar-refractivity contribution in [2.45, 2.75) is 98.9 Å². The fourth-order valence-electron chi connectivity index (χ4n) is 8.40. The summed E-state index contributed by atoms with van der Waals surface area (Å²) < 4.78 is 24.7. The molecule has 0 aliphatic heterocycles. The first kappa shape index (κ1) is 128. The molecule has 5 rings (SSSR count). The Hall–Kier alpha value is 16.3. The number of methoxy groups -OCH3 is 3. The number of aryl methyl sites for hydroxylation is 4. The molecule has 64 heteroatoms. The first-order valence-corrected chi connectivity index (χ1v) is 125. The molecule has 640 valence electrons. The molecule has 0 aliphatic rings. The molecular weight excluding hydrogens is 2370 g/mol. The van der Waals surface area contributed by atoms with Crippen LogP contribution in [-0.2, 0) is 58.7 Å². The van der Waals surface area contributed by atoms with Crippen molar-refractivity contribution in [1.29, 1.82) is 0 Å². The number of Topliss-reactive ketones (excluding diaryl/α,β-unsaturated/α-hetero) is 3. The number of ether oxygens (including phenoxy) is 3. The van der Waals surface area contributed by atoms with Gasteiger partial charge in [0, 0.05) is 45.5 Å². The van der Waals surface area contributed by atoms with Crippen LogP contribution in [0.4, 0.5) is 0 Å². The third-order valence-corrected chi connectivity index (χ3v) is 326. The Bertz CT molecular complexity index is 3490. The van der Waals surface area contributed by atoms with Gasteiger partial charge in [-0.2, -0.15) is 10.2 Å². The first-order chi connectivity index (χ1) is 51.7. The second-order valence-corrected chi connectivity index (χ2v) is 225. The van der Waals surface area contributed by atoms with Gasteiger partial charge in [-0.25, -0.2) is 0 Å². The maximum Gasteiger partial charge on any atom is 0.313 e. The van der Waals surface area contributed by atoms with Gasteiger partial charge in [-0.1, -0.05) is 115 Å². The van der Waals surface area contributed by atoms with Crippen molar-refractivity contribution >= 4 is 443 Å². The van der Waals surface area contributed by atoms with Crippen LogP contribution < -0.4 is 9.47 Å². The van der Waals surface area contributed by atoms with E-state index in [1.165, 1.54) is 32.1 Å². The summed E-state index contributed by atoms with van der Waals surface area (Å²) in [4.78, 5) is 46.0. The number of nitrogens with zero attached hydrogens (tertiary/aromatic N) is 4. The van der Waals surface area contributed by atoms with E-state index in [-0.39, 0.29) is 189 Å². The van der Waals surface area contributed by atoms with Crippen LogP contribution in [-0.4, -0.2) is 72.5 Å². The molecule has 2 heterocycles. The fraction of sp³-hybridized carbons (Fsp3) is 0.417. The van der Waals surface area contributed by atoms with Gasteiger partial charge in [-0.15, -0.1) is 250 Å². The Balaban J connectivity index is 0.00000133. The van der Waals surface area contributed by atoms with Crippen LogP contribution >= 0.6 is 412 Å². The summed E-state index contributed by atoms with van der Waals surface area (Å²) in [5, 5.41) is 8.83. The van der Waals surface area contributed by atoms with Gasteiger partial charge in [-0.3, -0.25) is 28.5 Å². The molecule has 0 amide bonds. The van der Waals surface area contributed by atoms with E-state index < -0.39 is 14.3 Å². The number of aromatic nitrogens is 4. The zero-order chi connectivity index (χ0) is 87.1. The second kappa shape index (κ2) is 68.4. The number of carbonyl (C=O) groups excluding carboxylic acids is 4. The van der Waals surface area contributed by atoms with Crippen molar-refractivity contribution < 1.29 is 37.8 Å². The number of benzene rings is 3. The summed E-state index contributed by atoms with van der Waals surface area (Å²) in [5.41, 5.74) is 8.90. The Labute approximate surface area is 766 Å². The van der Waals surface area contributed by atoms with Crippen LogP contribution in [0.25, 0.3) is 22.5 Å². The lowest BCUT2D eigenvalue weighted by Gasteiger charge is -2.43. The molecule has 5 aromatic rings. The zero-order valence-corrected chi connectivity index (χ0v) is 119. The molecule has 0 aliphatic carbocycles. The number of esters is 1. The lowest BCUT2D eigenvalue weighted by atomic mass is 10.1. The molecular formula is C48H121N4O8P51Si. The topological polar surface area (TPSA) is 141 Å². The van der Waals surface area contributed by atoms with Crippen LogP contribution in [0.5, 0.6) is 11.5 Å². The Kier molecular flexibility index (Phi) is 78.3. The number of ketones is 3. The minimum atomic E-state index is -1.76. The van der Waals surface area contributed by atoms with Crippen molar-refractivity contribution in [2.75, 3.05) is 21.3 Å². The van der Waals surface area contributed by atoms with E-state index in [0.717, 1.165) is 48.7 Å². The Morgan fingerprint density at radius 2 is 0.804 bits per heavy atom. The molecule has 3 aromatic carbocycles. The summed E-state index contributed by atoms with van der Waals surface area (Å²) >= 11 is 0. The predicted octanol–water partition coefficient (Wildman–Crippen LogP) is 38.3. The lowest BCUT2D eigenvalue weighted by molar-refractivity contribution is -0.143. The minimum absolute atomic E-state index is 0.0415. The van der Waals surface area contributed by atoms with E-state index >= 15 is 0 Å². The Morgan fingerprint density at radius 1 is 0.446 bits per heavy atom. The van der Waals surface area contributed by atoms with Gasteiger partial charge >= 0.3 is 5.97 Å². The third-order valence-electron chi connectivity index (χ3n) is 14.6. The van der Waals surface area contributed by atoms with Gasteiger partial charge in [0.1, 0.15) is 29.3 Å². The highest BCUT2D eigenvalue weighted by Crippen LogP contribution is 3.29. The number of carbonyl (C=O) groups is 4. The summed E-state index contributed by atoms with van der Waals surface area (Å²) in [6, 6.07) is 24.2. The van der Waals surface area contributed by atoms with Crippen molar-refractivity contribution in [2.24, 2.45) is 14.1 Å². The van der Waals surface area contributed by atoms with E-state index in [1.54, 1.807) is 30.6 Å². The summed E-state index contributed by atoms with van der Waals surface area (Å²) in [7, 11) is 94.2.